The molecule has 1 atom stereocenters. The molecule has 0 spiro atoms. The van der Waals surface area contributed by atoms with Gasteiger partial charge in [0.2, 0.25) is 5.91 Å². The number of carbonyl (C=O) groups is 1. The second-order valence-electron chi connectivity index (χ2n) is 5.23. The van der Waals surface area contributed by atoms with E-state index < -0.39 is 0 Å². The summed E-state index contributed by atoms with van der Waals surface area (Å²) in [5.74, 6) is 0.122. The van der Waals surface area contributed by atoms with Crippen LogP contribution in [0.3, 0.4) is 0 Å². The Morgan fingerprint density at radius 2 is 1.71 bits per heavy atom. The standard InChI is InChI=1S/C11H22N2O/c1-11(2,3)9(12)10(14)13-7-5-4-6-8-13/h9H,4-8,12H2,1-3H3/t9-/m0/s1. The van der Waals surface area contributed by atoms with Gasteiger partial charge in [0.05, 0.1) is 6.04 Å². The minimum Gasteiger partial charge on any atom is -0.341 e. The molecule has 1 amide bonds. The predicted octanol–water partition coefficient (Wildman–Crippen LogP) is 1.37. The SMILES string of the molecule is CC(C)(C)[C@@H](N)C(=O)N1CCCCC1. The Labute approximate surface area is 86.6 Å². The highest BCUT2D eigenvalue weighted by Gasteiger charge is 2.31. The predicted molar refractivity (Wildman–Crippen MR) is 57.9 cm³/mol. The van der Waals surface area contributed by atoms with Gasteiger partial charge in [-0.25, -0.2) is 0 Å². The van der Waals surface area contributed by atoms with Gasteiger partial charge < -0.3 is 10.6 Å². The van der Waals surface area contributed by atoms with Gasteiger partial charge in [-0.3, -0.25) is 4.79 Å². The van der Waals surface area contributed by atoms with Crippen LogP contribution in [0.5, 0.6) is 0 Å². The smallest absolute Gasteiger partial charge is 0.240 e. The van der Waals surface area contributed by atoms with E-state index in [-0.39, 0.29) is 17.4 Å². The molecule has 1 aliphatic heterocycles. The van der Waals surface area contributed by atoms with Gasteiger partial charge in [-0.15, -0.1) is 0 Å². The molecule has 0 saturated carbocycles. The van der Waals surface area contributed by atoms with Gasteiger partial charge in [0, 0.05) is 13.1 Å². The second-order valence-corrected chi connectivity index (χ2v) is 5.23. The van der Waals surface area contributed by atoms with E-state index in [1.807, 2.05) is 25.7 Å². The molecule has 0 unspecified atom stereocenters. The summed E-state index contributed by atoms with van der Waals surface area (Å²) in [7, 11) is 0. The van der Waals surface area contributed by atoms with Crippen molar-refractivity contribution in [2.75, 3.05) is 13.1 Å². The summed E-state index contributed by atoms with van der Waals surface area (Å²) >= 11 is 0. The van der Waals surface area contributed by atoms with Crippen molar-refractivity contribution in [1.82, 2.24) is 4.90 Å². The number of nitrogens with zero attached hydrogens (tertiary/aromatic N) is 1. The lowest BCUT2D eigenvalue weighted by molar-refractivity contribution is -0.135. The summed E-state index contributed by atoms with van der Waals surface area (Å²) in [4.78, 5) is 13.9. The first kappa shape index (κ1) is 11.5. The number of hydrogen-bond donors (Lipinski definition) is 1. The molecule has 1 saturated heterocycles. The Bertz CT molecular complexity index is 202. The highest BCUT2D eigenvalue weighted by Crippen LogP contribution is 2.20. The van der Waals surface area contributed by atoms with E-state index >= 15 is 0 Å². The quantitative estimate of drug-likeness (QED) is 0.691. The van der Waals surface area contributed by atoms with Crippen molar-refractivity contribution >= 4 is 5.91 Å². The maximum Gasteiger partial charge on any atom is 0.240 e. The van der Waals surface area contributed by atoms with Crippen molar-refractivity contribution in [3.8, 4) is 0 Å². The van der Waals surface area contributed by atoms with E-state index in [1.165, 1.54) is 6.42 Å². The third kappa shape index (κ3) is 2.71. The summed E-state index contributed by atoms with van der Waals surface area (Å²) in [5, 5.41) is 0. The number of rotatable bonds is 1. The lowest BCUT2D eigenvalue weighted by Gasteiger charge is -2.34. The molecule has 14 heavy (non-hydrogen) atoms. The third-order valence-corrected chi connectivity index (χ3v) is 2.87. The van der Waals surface area contributed by atoms with E-state index in [4.69, 9.17) is 5.73 Å². The van der Waals surface area contributed by atoms with Crippen molar-refractivity contribution in [3.05, 3.63) is 0 Å². The number of likely N-dealkylation sites (tertiary alicyclic amines) is 1. The first-order valence-corrected chi connectivity index (χ1v) is 5.47. The molecular weight excluding hydrogens is 176 g/mol. The van der Waals surface area contributed by atoms with E-state index in [9.17, 15) is 4.79 Å². The van der Waals surface area contributed by atoms with Crippen LogP contribution >= 0.6 is 0 Å². The fraction of sp³-hybridized carbons (Fsp3) is 0.909. The Kier molecular flexibility index (Phi) is 3.53. The molecule has 1 fully saturated rings. The largest absolute Gasteiger partial charge is 0.341 e. The number of carbonyl (C=O) groups excluding carboxylic acids is 1. The van der Waals surface area contributed by atoms with E-state index in [2.05, 4.69) is 0 Å². The molecule has 1 heterocycles. The molecule has 0 aliphatic carbocycles. The van der Waals surface area contributed by atoms with E-state index in [0.717, 1.165) is 25.9 Å². The maximum atomic E-state index is 11.9. The van der Waals surface area contributed by atoms with Gasteiger partial charge in [0.15, 0.2) is 0 Å². The van der Waals surface area contributed by atoms with Gasteiger partial charge in [-0.1, -0.05) is 20.8 Å². The molecule has 82 valence electrons. The van der Waals surface area contributed by atoms with Crippen LogP contribution in [-0.4, -0.2) is 29.9 Å². The van der Waals surface area contributed by atoms with Crippen LogP contribution in [0.15, 0.2) is 0 Å². The number of hydrogen-bond acceptors (Lipinski definition) is 2. The average Bonchev–Trinajstić information content (AvgIpc) is 2.15. The van der Waals surface area contributed by atoms with Crippen LogP contribution in [0.2, 0.25) is 0 Å². The molecule has 0 aromatic carbocycles. The van der Waals surface area contributed by atoms with Gasteiger partial charge in [0.25, 0.3) is 0 Å². The normalized spacial score (nSPS) is 20.7. The summed E-state index contributed by atoms with van der Waals surface area (Å²) in [5.41, 5.74) is 5.80. The van der Waals surface area contributed by atoms with Gasteiger partial charge in [0.1, 0.15) is 0 Å². The first-order valence-electron chi connectivity index (χ1n) is 5.47. The molecule has 1 rings (SSSR count). The second kappa shape index (κ2) is 4.30. The lowest BCUT2D eigenvalue weighted by atomic mass is 9.86. The van der Waals surface area contributed by atoms with Crippen LogP contribution in [0.25, 0.3) is 0 Å². The minimum absolute atomic E-state index is 0.122. The van der Waals surface area contributed by atoms with Crippen LogP contribution in [0.1, 0.15) is 40.0 Å². The van der Waals surface area contributed by atoms with Gasteiger partial charge in [-0.2, -0.15) is 0 Å². The molecule has 0 aromatic rings. The average molecular weight is 198 g/mol. The van der Waals surface area contributed by atoms with Crippen LogP contribution in [0, 0.1) is 5.41 Å². The number of piperidine rings is 1. The molecule has 3 nitrogen and oxygen atoms in total. The van der Waals surface area contributed by atoms with Crippen LogP contribution in [-0.2, 0) is 4.79 Å². The molecule has 3 heteroatoms. The lowest BCUT2D eigenvalue weighted by Crippen LogP contribution is -2.51. The summed E-state index contributed by atoms with van der Waals surface area (Å²) in [6.45, 7) is 7.82. The number of nitrogens with two attached hydrogens (primary N) is 1. The van der Waals surface area contributed by atoms with Crippen molar-refractivity contribution in [2.45, 2.75) is 46.1 Å². The molecule has 2 N–H and O–H groups in total. The summed E-state index contributed by atoms with van der Waals surface area (Å²) in [6, 6.07) is -0.361. The fourth-order valence-corrected chi connectivity index (χ4v) is 1.68. The zero-order chi connectivity index (χ0) is 10.8. The van der Waals surface area contributed by atoms with E-state index in [1.54, 1.807) is 0 Å². The highest BCUT2D eigenvalue weighted by molar-refractivity contribution is 5.82. The van der Waals surface area contributed by atoms with Crippen molar-refractivity contribution in [2.24, 2.45) is 11.1 Å². The third-order valence-electron chi connectivity index (χ3n) is 2.87. The Morgan fingerprint density at radius 1 is 1.21 bits per heavy atom. The fourth-order valence-electron chi connectivity index (χ4n) is 1.68. The van der Waals surface area contributed by atoms with E-state index in [0.29, 0.717) is 0 Å². The summed E-state index contributed by atoms with van der Waals surface area (Å²) in [6.07, 6.45) is 3.50. The topological polar surface area (TPSA) is 46.3 Å². The van der Waals surface area contributed by atoms with Crippen molar-refractivity contribution < 1.29 is 4.79 Å². The Hall–Kier alpha value is -0.570. The van der Waals surface area contributed by atoms with Crippen molar-refractivity contribution in [3.63, 3.8) is 0 Å². The van der Waals surface area contributed by atoms with Gasteiger partial charge in [-0.05, 0) is 24.7 Å². The molecular formula is C11H22N2O. The summed E-state index contributed by atoms with van der Waals surface area (Å²) < 4.78 is 0. The van der Waals surface area contributed by atoms with Crippen molar-refractivity contribution in [1.29, 1.82) is 0 Å². The Morgan fingerprint density at radius 3 is 2.14 bits per heavy atom. The Balaban J connectivity index is 2.55. The first-order chi connectivity index (χ1) is 6.43. The minimum atomic E-state index is -0.361. The van der Waals surface area contributed by atoms with Crippen LogP contribution in [0.4, 0.5) is 0 Å². The highest BCUT2D eigenvalue weighted by atomic mass is 16.2. The molecule has 1 aliphatic rings. The van der Waals surface area contributed by atoms with Gasteiger partial charge >= 0.3 is 0 Å². The molecule has 0 radical (unpaired) electrons. The zero-order valence-corrected chi connectivity index (χ0v) is 9.55. The monoisotopic (exact) mass is 198 g/mol. The zero-order valence-electron chi connectivity index (χ0n) is 9.55. The molecule has 0 bridgehead atoms. The van der Waals surface area contributed by atoms with Crippen LogP contribution < -0.4 is 5.73 Å². The number of amides is 1. The molecule has 0 aromatic heterocycles. The maximum absolute atomic E-state index is 11.9.